The Kier molecular flexibility index (Phi) is 2.09. The number of hydrogen-bond donors (Lipinski definition) is 1. The third-order valence-electron chi connectivity index (χ3n) is 1.65. The van der Waals surface area contributed by atoms with Crippen LogP contribution in [0.1, 0.15) is 19.7 Å². The van der Waals surface area contributed by atoms with E-state index in [9.17, 15) is 0 Å². The minimum Gasteiger partial charge on any atom is -0.332 e. The van der Waals surface area contributed by atoms with Crippen molar-refractivity contribution < 1.29 is 4.52 Å². The van der Waals surface area contributed by atoms with Crippen LogP contribution >= 0.6 is 11.3 Å². The molecule has 0 spiro atoms. The molecule has 0 fully saturated rings. The number of nitrogens with two attached hydrogens (primary N) is 1. The average molecular weight is 210 g/mol. The summed E-state index contributed by atoms with van der Waals surface area (Å²) in [7, 11) is 0. The number of thiazole rings is 1. The first-order valence-corrected chi connectivity index (χ1v) is 5.03. The third kappa shape index (κ3) is 1.66. The van der Waals surface area contributed by atoms with E-state index in [-0.39, 0.29) is 0 Å². The molecule has 0 saturated carbocycles. The quantitative estimate of drug-likeness (QED) is 0.810. The second-order valence-corrected chi connectivity index (χ2v) is 4.24. The van der Waals surface area contributed by atoms with Crippen molar-refractivity contribution in [3.8, 4) is 11.6 Å². The second-order valence-electron chi connectivity index (χ2n) is 3.52. The van der Waals surface area contributed by atoms with Gasteiger partial charge < -0.3 is 10.3 Å². The van der Waals surface area contributed by atoms with E-state index < -0.39 is 5.54 Å². The number of rotatable bonds is 2. The Bertz CT molecular complexity index is 415. The van der Waals surface area contributed by atoms with Crippen LogP contribution in [0.25, 0.3) is 11.6 Å². The van der Waals surface area contributed by atoms with Crippen LogP contribution < -0.4 is 5.73 Å². The first-order valence-electron chi connectivity index (χ1n) is 4.09. The van der Waals surface area contributed by atoms with Gasteiger partial charge in [0.05, 0.1) is 11.0 Å². The van der Waals surface area contributed by atoms with E-state index in [1.54, 1.807) is 5.51 Å². The summed E-state index contributed by atoms with van der Waals surface area (Å²) in [6, 6.07) is 0. The summed E-state index contributed by atoms with van der Waals surface area (Å²) in [5.41, 5.74) is 7.64. The summed E-state index contributed by atoms with van der Waals surface area (Å²) in [6.07, 6.45) is 0. The van der Waals surface area contributed by atoms with Crippen molar-refractivity contribution in [1.29, 1.82) is 0 Å². The third-order valence-corrected chi connectivity index (χ3v) is 2.24. The van der Waals surface area contributed by atoms with Crippen molar-refractivity contribution in [3.05, 3.63) is 16.7 Å². The Labute approximate surface area is 85.0 Å². The molecule has 0 bridgehead atoms. The fraction of sp³-hybridized carbons (Fsp3) is 0.375. The molecular formula is C8H10N4OS. The fourth-order valence-corrected chi connectivity index (χ4v) is 1.43. The van der Waals surface area contributed by atoms with Gasteiger partial charge in [-0.1, -0.05) is 5.16 Å². The van der Waals surface area contributed by atoms with Gasteiger partial charge in [0.2, 0.25) is 0 Å². The summed E-state index contributed by atoms with van der Waals surface area (Å²) in [4.78, 5) is 8.23. The van der Waals surface area contributed by atoms with Crippen molar-refractivity contribution in [1.82, 2.24) is 15.1 Å². The molecule has 0 amide bonds. The maximum absolute atomic E-state index is 5.82. The van der Waals surface area contributed by atoms with Crippen molar-refractivity contribution in [2.45, 2.75) is 19.4 Å². The normalized spacial score (nSPS) is 11.9. The molecule has 0 saturated heterocycles. The largest absolute Gasteiger partial charge is 0.332 e. The SMILES string of the molecule is CC(C)(N)c1noc(-c2cscn2)n1. The number of hydrogen-bond acceptors (Lipinski definition) is 6. The van der Waals surface area contributed by atoms with Gasteiger partial charge in [0.25, 0.3) is 5.89 Å². The van der Waals surface area contributed by atoms with E-state index in [0.717, 1.165) is 0 Å². The Morgan fingerprint density at radius 3 is 2.79 bits per heavy atom. The molecule has 0 aliphatic rings. The lowest BCUT2D eigenvalue weighted by atomic mass is 10.1. The van der Waals surface area contributed by atoms with Gasteiger partial charge in [-0.15, -0.1) is 11.3 Å². The zero-order chi connectivity index (χ0) is 10.2. The van der Waals surface area contributed by atoms with E-state index in [0.29, 0.717) is 17.4 Å². The fourth-order valence-electron chi connectivity index (χ4n) is 0.907. The Morgan fingerprint density at radius 1 is 1.50 bits per heavy atom. The molecule has 0 aliphatic carbocycles. The molecule has 5 nitrogen and oxygen atoms in total. The van der Waals surface area contributed by atoms with Crippen LogP contribution in [0.15, 0.2) is 15.4 Å². The van der Waals surface area contributed by atoms with Gasteiger partial charge >= 0.3 is 0 Å². The lowest BCUT2D eigenvalue weighted by molar-refractivity contribution is 0.396. The van der Waals surface area contributed by atoms with Crippen molar-refractivity contribution >= 4 is 11.3 Å². The molecule has 0 unspecified atom stereocenters. The highest BCUT2D eigenvalue weighted by atomic mass is 32.1. The molecule has 6 heteroatoms. The Balaban J connectivity index is 2.36. The van der Waals surface area contributed by atoms with E-state index in [1.165, 1.54) is 11.3 Å². The predicted molar refractivity (Wildman–Crippen MR) is 52.6 cm³/mol. The van der Waals surface area contributed by atoms with Crippen LogP contribution in [0.3, 0.4) is 0 Å². The topological polar surface area (TPSA) is 77.8 Å². The minimum atomic E-state index is -0.586. The Morgan fingerprint density at radius 2 is 2.29 bits per heavy atom. The highest BCUT2D eigenvalue weighted by Crippen LogP contribution is 2.20. The molecule has 2 heterocycles. The van der Waals surface area contributed by atoms with Crippen LogP contribution in [0.4, 0.5) is 0 Å². The standard InChI is InChI=1S/C8H10N4OS/c1-8(2,9)7-11-6(13-12-7)5-3-14-4-10-5/h3-4H,9H2,1-2H3. The summed E-state index contributed by atoms with van der Waals surface area (Å²) < 4.78 is 5.04. The van der Waals surface area contributed by atoms with Crippen LogP contribution in [-0.4, -0.2) is 15.1 Å². The van der Waals surface area contributed by atoms with Gasteiger partial charge in [-0.2, -0.15) is 4.98 Å². The van der Waals surface area contributed by atoms with Gasteiger partial charge in [0, 0.05) is 5.38 Å². The van der Waals surface area contributed by atoms with Crippen LogP contribution in [0, 0.1) is 0 Å². The molecule has 2 aromatic rings. The first kappa shape index (κ1) is 9.29. The van der Waals surface area contributed by atoms with Gasteiger partial charge in [-0.05, 0) is 13.8 Å². The monoisotopic (exact) mass is 210 g/mol. The maximum atomic E-state index is 5.82. The zero-order valence-electron chi connectivity index (χ0n) is 7.89. The predicted octanol–water partition coefficient (Wildman–Crippen LogP) is 1.39. The molecule has 0 aromatic carbocycles. The van der Waals surface area contributed by atoms with Crippen LogP contribution in [0.5, 0.6) is 0 Å². The van der Waals surface area contributed by atoms with E-state index in [4.69, 9.17) is 10.3 Å². The highest BCUT2D eigenvalue weighted by molar-refractivity contribution is 7.07. The van der Waals surface area contributed by atoms with Crippen molar-refractivity contribution in [2.75, 3.05) is 0 Å². The van der Waals surface area contributed by atoms with Crippen molar-refractivity contribution in [3.63, 3.8) is 0 Å². The first-order chi connectivity index (χ1) is 6.57. The smallest absolute Gasteiger partial charge is 0.277 e. The molecule has 14 heavy (non-hydrogen) atoms. The molecule has 2 rings (SSSR count). The minimum absolute atomic E-state index is 0.416. The number of nitrogens with zero attached hydrogens (tertiary/aromatic N) is 3. The van der Waals surface area contributed by atoms with Crippen molar-refractivity contribution in [2.24, 2.45) is 5.73 Å². The van der Waals surface area contributed by atoms with E-state index >= 15 is 0 Å². The lowest BCUT2D eigenvalue weighted by Gasteiger charge is -2.11. The van der Waals surface area contributed by atoms with Gasteiger partial charge in [0.15, 0.2) is 5.82 Å². The van der Waals surface area contributed by atoms with Crippen LogP contribution in [-0.2, 0) is 5.54 Å². The molecule has 0 radical (unpaired) electrons. The van der Waals surface area contributed by atoms with Gasteiger partial charge in [0.1, 0.15) is 5.69 Å². The molecule has 2 N–H and O–H groups in total. The molecule has 2 aromatic heterocycles. The molecular weight excluding hydrogens is 200 g/mol. The molecule has 74 valence electrons. The van der Waals surface area contributed by atoms with E-state index in [1.807, 2.05) is 19.2 Å². The lowest BCUT2D eigenvalue weighted by Crippen LogP contribution is -2.30. The number of aromatic nitrogens is 3. The summed E-state index contributed by atoms with van der Waals surface area (Å²) in [5, 5.41) is 5.64. The van der Waals surface area contributed by atoms with Gasteiger partial charge in [-0.3, -0.25) is 0 Å². The summed E-state index contributed by atoms with van der Waals surface area (Å²) in [6.45, 7) is 3.64. The van der Waals surface area contributed by atoms with Gasteiger partial charge in [-0.25, -0.2) is 4.98 Å². The van der Waals surface area contributed by atoms with Crippen LogP contribution in [0.2, 0.25) is 0 Å². The molecule has 0 atom stereocenters. The summed E-state index contributed by atoms with van der Waals surface area (Å²) >= 11 is 1.48. The second kappa shape index (κ2) is 3.14. The molecule has 0 aliphatic heterocycles. The van der Waals surface area contributed by atoms with E-state index in [2.05, 4.69) is 15.1 Å². The summed E-state index contributed by atoms with van der Waals surface area (Å²) in [5.74, 6) is 0.903. The maximum Gasteiger partial charge on any atom is 0.277 e. The zero-order valence-corrected chi connectivity index (χ0v) is 8.71. The Hall–Kier alpha value is -1.27. The highest BCUT2D eigenvalue weighted by Gasteiger charge is 2.22. The average Bonchev–Trinajstić information content (AvgIpc) is 2.73.